The summed E-state index contributed by atoms with van der Waals surface area (Å²) in [5.74, 6) is -0.446. The molecule has 0 spiro atoms. The van der Waals surface area contributed by atoms with Gasteiger partial charge in [0, 0.05) is 5.56 Å². The van der Waals surface area contributed by atoms with Gasteiger partial charge in [-0.25, -0.2) is 12.8 Å². The molecule has 3 aromatic carbocycles. The minimum absolute atomic E-state index is 0.0223. The van der Waals surface area contributed by atoms with Gasteiger partial charge in [0.15, 0.2) is 0 Å². The normalized spacial score (nSPS) is 11.7. The molecule has 1 aromatic heterocycles. The van der Waals surface area contributed by atoms with Crippen molar-refractivity contribution in [3.63, 3.8) is 0 Å². The van der Waals surface area contributed by atoms with E-state index in [4.69, 9.17) is 0 Å². The molecule has 0 aliphatic heterocycles. The number of benzene rings is 3. The maximum Gasteiger partial charge on any atom is 0.279 e. The lowest BCUT2D eigenvalue weighted by atomic mass is 9.87. The van der Waals surface area contributed by atoms with Crippen molar-refractivity contribution in [2.75, 3.05) is 0 Å². The Labute approximate surface area is 199 Å². The molecule has 174 valence electrons. The van der Waals surface area contributed by atoms with E-state index in [0.717, 1.165) is 5.56 Å². The van der Waals surface area contributed by atoms with Crippen LogP contribution in [0.25, 0.3) is 27.9 Å². The maximum absolute atomic E-state index is 13.7. The molecule has 5 nitrogen and oxygen atoms in total. The number of hydrogen-bond donors (Lipinski definition) is 1. The second kappa shape index (κ2) is 9.35. The Morgan fingerprint density at radius 2 is 1.44 bits per heavy atom. The molecule has 0 amide bonds. The average Bonchev–Trinajstić information content (AvgIpc) is 2.79. The highest BCUT2D eigenvalue weighted by Gasteiger charge is 2.18. The zero-order valence-corrected chi connectivity index (χ0v) is 20.1. The third-order valence-electron chi connectivity index (χ3n) is 5.67. The summed E-state index contributed by atoms with van der Waals surface area (Å²) in [5, 5.41) is 4.42. The van der Waals surface area contributed by atoms with E-state index >= 15 is 0 Å². The quantitative estimate of drug-likeness (QED) is 0.406. The SMILES string of the molecule is CC(C)(C)c1ccc(-n2ncc(-c3ccc(C[SH](=O)=O)cc3)c(-c3ccc(F)cc3)c2=O)cc1. The Balaban J connectivity index is 1.87. The summed E-state index contributed by atoms with van der Waals surface area (Å²) in [6, 6.07) is 20.4. The fourth-order valence-electron chi connectivity index (χ4n) is 3.79. The highest BCUT2D eigenvalue weighted by molar-refractivity contribution is 7.71. The van der Waals surface area contributed by atoms with Crippen LogP contribution < -0.4 is 5.56 Å². The van der Waals surface area contributed by atoms with Crippen molar-refractivity contribution >= 4 is 10.7 Å². The van der Waals surface area contributed by atoms with Gasteiger partial charge in [0.05, 0.1) is 23.2 Å². The molecule has 34 heavy (non-hydrogen) atoms. The van der Waals surface area contributed by atoms with Crippen molar-refractivity contribution in [2.45, 2.75) is 31.9 Å². The van der Waals surface area contributed by atoms with Crippen molar-refractivity contribution in [3.8, 4) is 27.9 Å². The van der Waals surface area contributed by atoms with Gasteiger partial charge in [-0.1, -0.05) is 69.3 Å². The van der Waals surface area contributed by atoms with Gasteiger partial charge >= 0.3 is 0 Å². The number of aromatic nitrogens is 2. The number of rotatable bonds is 5. The molecule has 1 heterocycles. The Morgan fingerprint density at radius 3 is 2.00 bits per heavy atom. The first-order valence-corrected chi connectivity index (χ1v) is 12.2. The summed E-state index contributed by atoms with van der Waals surface area (Å²) in [5.41, 5.74) is 4.31. The lowest BCUT2D eigenvalue weighted by molar-refractivity contribution is 0.590. The fourth-order valence-corrected chi connectivity index (χ4v) is 4.30. The lowest BCUT2D eigenvalue weighted by Gasteiger charge is -2.19. The molecule has 0 unspecified atom stereocenters. The number of hydrogen-bond acceptors (Lipinski definition) is 4. The van der Waals surface area contributed by atoms with E-state index in [1.54, 1.807) is 42.6 Å². The number of nitrogens with zero attached hydrogens (tertiary/aromatic N) is 2. The van der Waals surface area contributed by atoms with E-state index in [1.165, 1.54) is 16.8 Å². The van der Waals surface area contributed by atoms with Crippen LogP contribution in [0, 0.1) is 5.82 Å². The summed E-state index contributed by atoms with van der Waals surface area (Å²) in [6.45, 7) is 6.36. The molecule has 4 rings (SSSR count). The first-order valence-electron chi connectivity index (χ1n) is 10.8. The van der Waals surface area contributed by atoms with E-state index in [-0.39, 0.29) is 16.7 Å². The van der Waals surface area contributed by atoms with Gasteiger partial charge in [0.1, 0.15) is 16.5 Å². The van der Waals surface area contributed by atoms with Crippen molar-refractivity contribution < 1.29 is 12.8 Å². The average molecular weight is 477 g/mol. The van der Waals surface area contributed by atoms with Gasteiger partial charge in [-0.2, -0.15) is 9.78 Å². The van der Waals surface area contributed by atoms with Crippen LogP contribution in [0.1, 0.15) is 31.9 Å². The lowest BCUT2D eigenvalue weighted by Crippen LogP contribution is -2.23. The second-order valence-electron chi connectivity index (χ2n) is 9.14. The molecule has 0 radical (unpaired) electrons. The monoisotopic (exact) mass is 476 g/mol. The number of thiol groups is 1. The van der Waals surface area contributed by atoms with Crippen LogP contribution in [0.15, 0.2) is 83.8 Å². The third kappa shape index (κ3) is 4.99. The Bertz CT molecular complexity index is 1440. The van der Waals surface area contributed by atoms with Crippen LogP contribution in [0.5, 0.6) is 0 Å². The topological polar surface area (TPSA) is 69.0 Å². The van der Waals surface area contributed by atoms with Gasteiger partial charge in [0.2, 0.25) is 0 Å². The molecule has 0 aliphatic carbocycles. The van der Waals surface area contributed by atoms with Crippen LogP contribution in [-0.2, 0) is 21.9 Å². The summed E-state index contributed by atoms with van der Waals surface area (Å²) >= 11 is 0. The smallest absolute Gasteiger partial charge is 0.267 e. The molecular formula is C27H25FN2O3S. The summed E-state index contributed by atoms with van der Waals surface area (Å²) in [4.78, 5) is 13.7. The first-order chi connectivity index (χ1) is 16.1. The predicted octanol–water partition coefficient (Wildman–Crippen LogP) is 5.11. The van der Waals surface area contributed by atoms with Crippen molar-refractivity contribution in [3.05, 3.63) is 106 Å². The summed E-state index contributed by atoms with van der Waals surface area (Å²) in [7, 11) is -2.53. The minimum Gasteiger partial charge on any atom is -0.267 e. The molecule has 0 fully saturated rings. The summed E-state index contributed by atoms with van der Waals surface area (Å²) < 4.78 is 37.0. The molecule has 0 aliphatic rings. The van der Waals surface area contributed by atoms with Gasteiger partial charge in [0.25, 0.3) is 5.56 Å². The molecule has 4 aromatic rings. The standard InChI is InChI=1S/C27H25FN2O3S/c1-27(2,3)21-10-14-23(15-11-21)30-26(31)25(20-8-12-22(28)13-9-20)24(16-29-30)19-6-4-18(5-7-19)17-34(32)33/h4-16,34H,17H2,1-3H3. The van der Waals surface area contributed by atoms with E-state index in [2.05, 4.69) is 25.9 Å². The van der Waals surface area contributed by atoms with E-state index < -0.39 is 16.5 Å². The van der Waals surface area contributed by atoms with E-state index in [9.17, 15) is 17.6 Å². The van der Waals surface area contributed by atoms with Crippen LogP contribution in [0.2, 0.25) is 0 Å². The molecule has 0 saturated heterocycles. The Kier molecular flexibility index (Phi) is 6.48. The molecule has 7 heteroatoms. The third-order valence-corrected chi connectivity index (χ3v) is 6.29. The number of halogens is 1. The van der Waals surface area contributed by atoms with Crippen LogP contribution >= 0.6 is 0 Å². The molecular weight excluding hydrogens is 451 g/mol. The molecule has 0 saturated carbocycles. The van der Waals surface area contributed by atoms with Crippen LogP contribution in [-0.4, -0.2) is 18.2 Å². The van der Waals surface area contributed by atoms with Gasteiger partial charge in [-0.3, -0.25) is 4.79 Å². The Morgan fingerprint density at radius 1 is 0.853 bits per heavy atom. The van der Waals surface area contributed by atoms with E-state index in [1.807, 2.05) is 24.3 Å². The van der Waals surface area contributed by atoms with Crippen molar-refractivity contribution in [2.24, 2.45) is 0 Å². The highest BCUT2D eigenvalue weighted by Crippen LogP contribution is 2.30. The van der Waals surface area contributed by atoms with E-state index in [0.29, 0.717) is 33.5 Å². The van der Waals surface area contributed by atoms with Crippen LogP contribution in [0.3, 0.4) is 0 Å². The second-order valence-corrected chi connectivity index (χ2v) is 10.1. The molecule has 0 bridgehead atoms. The Hall–Kier alpha value is -3.58. The zero-order valence-electron chi connectivity index (χ0n) is 19.2. The predicted molar refractivity (Wildman–Crippen MR) is 133 cm³/mol. The summed E-state index contributed by atoms with van der Waals surface area (Å²) in [6.07, 6.45) is 1.61. The van der Waals surface area contributed by atoms with Crippen LogP contribution in [0.4, 0.5) is 4.39 Å². The highest BCUT2D eigenvalue weighted by atomic mass is 32.2. The largest absolute Gasteiger partial charge is 0.279 e. The minimum atomic E-state index is -2.53. The van der Waals surface area contributed by atoms with Crippen molar-refractivity contribution in [1.29, 1.82) is 0 Å². The zero-order chi connectivity index (χ0) is 24.5. The van der Waals surface area contributed by atoms with Gasteiger partial charge in [-0.15, -0.1) is 0 Å². The van der Waals surface area contributed by atoms with Crippen molar-refractivity contribution in [1.82, 2.24) is 9.78 Å². The molecule has 0 N–H and O–H groups in total. The van der Waals surface area contributed by atoms with Gasteiger partial charge in [-0.05, 0) is 51.9 Å². The molecule has 0 atom stereocenters. The maximum atomic E-state index is 13.7. The van der Waals surface area contributed by atoms with Gasteiger partial charge < -0.3 is 0 Å². The first kappa shape index (κ1) is 23.6. The fraction of sp³-hybridized carbons (Fsp3) is 0.185.